The lowest BCUT2D eigenvalue weighted by molar-refractivity contribution is 0.438. The van der Waals surface area contributed by atoms with Crippen molar-refractivity contribution >= 4 is 23.0 Å². The second-order valence-electron chi connectivity index (χ2n) is 6.40. The van der Waals surface area contributed by atoms with Crippen LogP contribution in [-0.2, 0) is 6.42 Å². The molecule has 4 rings (SSSR count). The van der Waals surface area contributed by atoms with E-state index in [0.717, 1.165) is 22.9 Å². The second kappa shape index (κ2) is 6.89. The summed E-state index contributed by atoms with van der Waals surface area (Å²) in [5.74, 6) is 0.627. The van der Waals surface area contributed by atoms with Gasteiger partial charge in [0.05, 0.1) is 11.3 Å². The molecule has 0 radical (unpaired) electrons. The monoisotopic (exact) mass is 377 g/mol. The first-order valence-electron chi connectivity index (χ1n) is 8.81. The summed E-state index contributed by atoms with van der Waals surface area (Å²) in [4.78, 5) is 0. The Kier molecular flexibility index (Phi) is 4.41. The van der Waals surface area contributed by atoms with Gasteiger partial charge >= 0.3 is 0 Å². The molecule has 1 heterocycles. The maximum absolute atomic E-state index is 10.8. The number of fused-ring (bicyclic) bond motifs is 1. The fourth-order valence-electron chi connectivity index (χ4n) is 3.41. The molecule has 1 aromatic heterocycles. The Hall–Kier alpha value is -3.12. The molecule has 0 amide bonds. The Bertz CT molecular complexity index is 1190. The lowest BCUT2D eigenvalue weighted by Gasteiger charge is -2.13. The van der Waals surface area contributed by atoms with Crippen molar-refractivity contribution in [1.29, 1.82) is 0 Å². The average molecular weight is 377 g/mol. The summed E-state index contributed by atoms with van der Waals surface area (Å²) in [5, 5.41) is 30.2. The van der Waals surface area contributed by atoms with Crippen molar-refractivity contribution in [2.75, 3.05) is 0 Å². The Morgan fingerprint density at radius 3 is 2.63 bits per heavy atom. The summed E-state index contributed by atoms with van der Waals surface area (Å²) in [5.41, 5.74) is 1.93. The summed E-state index contributed by atoms with van der Waals surface area (Å²) in [6.45, 7) is 2.00. The summed E-state index contributed by atoms with van der Waals surface area (Å²) in [6.07, 6.45) is 1.38. The maximum Gasteiger partial charge on any atom is 0.200 e. The standard InChI is InChI=1S/C21H19N3O2S/c1-2-6-15-18(25)12-11-16(19(15)26)20-22-23-21(27)24(20)17-10-5-8-13-7-3-4-9-14(13)17/h3-5,7-12,25-26H,2,6H2,1H3,(H,23,27). The summed E-state index contributed by atoms with van der Waals surface area (Å²) in [6, 6.07) is 17.3. The molecule has 5 nitrogen and oxygen atoms in total. The zero-order valence-corrected chi connectivity index (χ0v) is 15.6. The largest absolute Gasteiger partial charge is 0.508 e. The highest BCUT2D eigenvalue weighted by Gasteiger charge is 2.19. The number of nitrogens with zero attached hydrogens (tertiary/aromatic N) is 2. The van der Waals surface area contributed by atoms with Crippen molar-refractivity contribution in [3.8, 4) is 28.6 Å². The van der Waals surface area contributed by atoms with Crippen LogP contribution in [0.4, 0.5) is 0 Å². The van der Waals surface area contributed by atoms with Crippen molar-refractivity contribution in [3.63, 3.8) is 0 Å². The molecule has 0 fully saturated rings. The quantitative estimate of drug-likeness (QED) is 0.432. The normalized spacial score (nSPS) is 11.1. The van der Waals surface area contributed by atoms with Gasteiger partial charge in [-0.15, -0.1) is 0 Å². The minimum atomic E-state index is 0.0346. The van der Waals surface area contributed by atoms with Gasteiger partial charge in [0.2, 0.25) is 0 Å². The number of aromatic amines is 1. The molecule has 136 valence electrons. The van der Waals surface area contributed by atoms with Crippen LogP contribution >= 0.6 is 12.2 Å². The maximum atomic E-state index is 10.8. The van der Waals surface area contributed by atoms with Gasteiger partial charge in [0.25, 0.3) is 0 Å². The van der Waals surface area contributed by atoms with E-state index in [4.69, 9.17) is 12.2 Å². The van der Waals surface area contributed by atoms with Crippen LogP contribution < -0.4 is 0 Å². The summed E-state index contributed by atoms with van der Waals surface area (Å²) >= 11 is 5.48. The van der Waals surface area contributed by atoms with E-state index in [9.17, 15) is 10.2 Å². The Labute approximate surface area is 161 Å². The van der Waals surface area contributed by atoms with E-state index >= 15 is 0 Å². The number of rotatable bonds is 4. The van der Waals surface area contributed by atoms with E-state index in [0.29, 0.717) is 28.1 Å². The number of benzene rings is 3. The second-order valence-corrected chi connectivity index (χ2v) is 6.78. The van der Waals surface area contributed by atoms with Gasteiger partial charge in [-0.1, -0.05) is 49.7 Å². The fourth-order valence-corrected chi connectivity index (χ4v) is 3.64. The van der Waals surface area contributed by atoms with Gasteiger partial charge in [0.1, 0.15) is 11.5 Å². The minimum absolute atomic E-state index is 0.0346. The summed E-state index contributed by atoms with van der Waals surface area (Å²) in [7, 11) is 0. The van der Waals surface area contributed by atoms with Gasteiger partial charge in [-0.3, -0.25) is 9.67 Å². The first-order valence-corrected chi connectivity index (χ1v) is 9.22. The van der Waals surface area contributed by atoms with Crippen LogP contribution in [0.3, 0.4) is 0 Å². The van der Waals surface area contributed by atoms with Gasteiger partial charge in [0, 0.05) is 10.9 Å². The van der Waals surface area contributed by atoms with Crippen LogP contribution in [-0.4, -0.2) is 25.0 Å². The first-order chi connectivity index (χ1) is 13.1. The van der Waals surface area contributed by atoms with E-state index in [1.54, 1.807) is 12.1 Å². The molecule has 0 aliphatic rings. The molecule has 0 spiro atoms. The van der Waals surface area contributed by atoms with Crippen molar-refractivity contribution < 1.29 is 10.2 Å². The molecule has 0 aliphatic carbocycles. The number of aromatic nitrogens is 3. The molecule has 0 aliphatic heterocycles. The Morgan fingerprint density at radius 1 is 1.04 bits per heavy atom. The smallest absolute Gasteiger partial charge is 0.200 e. The van der Waals surface area contributed by atoms with Gasteiger partial charge in [-0.2, -0.15) is 5.10 Å². The van der Waals surface area contributed by atoms with Crippen molar-refractivity contribution in [2.45, 2.75) is 19.8 Å². The molecule has 4 aromatic rings. The van der Waals surface area contributed by atoms with Gasteiger partial charge in [-0.05, 0) is 42.2 Å². The van der Waals surface area contributed by atoms with Crippen LogP contribution in [0.5, 0.6) is 11.5 Å². The van der Waals surface area contributed by atoms with Crippen molar-refractivity contribution in [2.24, 2.45) is 0 Å². The van der Waals surface area contributed by atoms with E-state index in [1.165, 1.54) is 0 Å². The third-order valence-corrected chi connectivity index (χ3v) is 4.95. The molecule has 0 atom stereocenters. The summed E-state index contributed by atoms with van der Waals surface area (Å²) < 4.78 is 2.25. The number of nitrogens with one attached hydrogen (secondary N) is 1. The molecular weight excluding hydrogens is 358 g/mol. The predicted molar refractivity (Wildman–Crippen MR) is 109 cm³/mol. The lowest BCUT2D eigenvalue weighted by atomic mass is 10.0. The number of H-pyrrole nitrogens is 1. The molecule has 27 heavy (non-hydrogen) atoms. The highest BCUT2D eigenvalue weighted by Crippen LogP contribution is 2.38. The van der Waals surface area contributed by atoms with Crippen LogP contribution in [0.25, 0.3) is 27.8 Å². The zero-order valence-electron chi connectivity index (χ0n) is 14.8. The highest BCUT2D eigenvalue weighted by molar-refractivity contribution is 7.71. The minimum Gasteiger partial charge on any atom is -0.508 e. The van der Waals surface area contributed by atoms with Crippen LogP contribution in [0, 0.1) is 4.77 Å². The van der Waals surface area contributed by atoms with Crippen LogP contribution in [0.1, 0.15) is 18.9 Å². The zero-order chi connectivity index (χ0) is 19.0. The van der Waals surface area contributed by atoms with Gasteiger partial charge in [-0.25, -0.2) is 0 Å². The van der Waals surface area contributed by atoms with E-state index in [-0.39, 0.29) is 11.5 Å². The molecule has 0 bridgehead atoms. The fraction of sp³-hybridized carbons (Fsp3) is 0.143. The van der Waals surface area contributed by atoms with E-state index in [2.05, 4.69) is 10.2 Å². The van der Waals surface area contributed by atoms with Gasteiger partial charge in [0.15, 0.2) is 10.6 Å². The van der Waals surface area contributed by atoms with Crippen molar-refractivity contribution in [3.05, 3.63) is 64.9 Å². The van der Waals surface area contributed by atoms with E-state index < -0.39 is 0 Å². The van der Waals surface area contributed by atoms with E-state index in [1.807, 2.05) is 54.0 Å². The molecule has 6 heteroatoms. The molecular formula is C21H19N3O2S. The Morgan fingerprint density at radius 2 is 1.81 bits per heavy atom. The number of phenolic OH excluding ortho intramolecular Hbond substituents is 2. The highest BCUT2D eigenvalue weighted by atomic mass is 32.1. The van der Waals surface area contributed by atoms with Crippen LogP contribution in [0.2, 0.25) is 0 Å². The Balaban J connectivity index is 1.99. The topological polar surface area (TPSA) is 74.1 Å². The predicted octanol–water partition coefficient (Wildman–Crippen LogP) is 5.11. The van der Waals surface area contributed by atoms with Crippen LogP contribution in [0.15, 0.2) is 54.6 Å². The first kappa shape index (κ1) is 17.3. The van der Waals surface area contributed by atoms with Gasteiger partial charge < -0.3 is 10.2 Å². The third kappa shape index (κ3) is 2.88. The number of phenols is 2. The number of hydrogen-bond donors (Lipinski definition) is 3. The number of aromatic hydroxyl groups is 2. The van der Waals surface area contributed by atoms with Crippen molar-refractivity contribution in [1.82, 2.24) is 14.8 Å². The molecule has 0 saturated carbocycles. The number of hydrogen-bond acceptors (Lipinski definition) is 4. The molecule has 0 unspecified atom stereocenters. The average Bonchev–Trinajstić information content (AvgIpc) is 3.06. The molecule has 0 saturated heterocycles. The molecule has 3 aromatic carbocycles. The third-order valence-electron chi connectivity index (χ3n) is 4.68. The SMILES string of the molecule is CCCc1c(O)ccc(-c2n[nH]c(=S)n2-c2cccc3ccccc23)c1O. The molecule has 3 N–H and O–H groups in total. The lowest BCUT2D eigenvalue weighted by Crippen LogP contribution is -2.00.